The van der Waals surface area contributed by atoms with E-state index in [4.69, 9.17) is 0 Å². The smallest absolute Gasteiger partial charge is 0.233 e. The fourth-order valence-corrected chi connectivity index (χ4v) is 4.58. The molecule has 1 aromatic carbocycles. The zero-order chi connectivity index (χ0) is 17.6. The normalized spacial score (nSPS) is 14.2. The van der Waals surface area contributed by atoms with Crippen molar-refractivity contribution in [3.05, 3.63) is 35.7 Å². The van der Waals surface area contributed by atoms with Gasteiger partial charge < -0.3 is 9.47 Å². The van der Waals surface area contributed by atoms with E-state index < -0.39 is 0 Å². The van der Waals surface area contributed by atoms with Crippen LogP contribution in [0.2, 0.25) is 0 Å². The third-order valence-electron chi connectivity index (χ3n) is 4.28. The molecular formula is C18H24N4OS2. The number of aryl methyl sites for hydroxylation is 1. The molecule has 1 fully saturated rings. The van der Waals surface area contributed by atoms with Gasteiger partial charge in [0.2, 0.25) is 5.91 Å². The molecule has 1 aromatic heterocycles. The van der Waals surface area contributed by atoms with Crippen LogP contribution in [-0.4, -0.2) is 44.4 Å². The highest BCUT2D eigenvalue weighted by Crippen LogP contribution is 2.25. The van der Waals surface area contributed by atoms with E-state index in [2.05, 4.69) is 52.9 Å². The van der Waals surface area contributed by atoms with Crippen LogP contribution in [0.5, 0.6) is 0 Å². The minimum atomic E-state index is 0.212. The molecule has 2 aromatic rings. The summed E-state index contributed by atoms with van der Waals surface area (Å²) in [7, 11) is 0. The van der Waals surface area contributed by atoms with E-state index in [-0.39, 0.29) is 5.91 Å². The molecule has 1 aliphatic rings. The predicted octanol–water partition coefficient (Wildman–Crippen LogP) is 3.61. The number of carbonyl (C=O) groups excluding carboxylic acids is 1. The predicted molar refractivity (Wildman–Crippen MR) is 103 cm³/mol. The van der Waals surface area contributed by atoms with Gasteiger partial charge in [0.05, 0.1) is 11.5 Å². The van der Waals surface area contributed by atoms with E-state index in [1.807, 2.05) is 4.90 Å². The molecule has 0 unspecified atom stereocenters. The van der Waals surface area contributed by atoms with Crippen molar-refractivity contribution >= 4 is 29.4 Å². The molecule has 25 heavy (non-hydrogen) atoms. The van der Waals surface area contributed by atoms with Crippen LogP contribution in [-0.2, 0) is 17.1 Å². The number of amides is 1. The lowest BCUT2D eigenvalue weighted by Gasteiger charge is -2.14. The van der Waals surface area contributed by atoms with E-state index in [1.54, 1.807) is 11.8 Å². The van der Waals surface area contributed by atoms with Crippen molar-refractivity contribution in [1.29, 1.82) is 0 Å². The summed E-state index contributed by atoms with van der Waals surface area (Å²) in [6.45, 7) is 6.80. The highest BCUT2D eigenvalue weighted by molar-refractivity contribution is 7.99. The fourth-order valence-electron chi connectivity index (χ4n) is 2.82. The third kappa shape index (κ3) is 4.79. The summed E-state index contributed by atoms with van der Waals surface area (Å²) in [5.41, 5.74) is 1.27. The lowest BCUT2D eigenvalue weighted by molar-refractivity contribution is -0.127. The van der Waals surface area contributed by atoms with Crippen molar-refractivity contribution in [3.63, 3.8) is 0 Å². The molecule has 0 atom stereocenters. The van der Waals surface area contributed by atoms with Gasteiger partial charge in [0, 0.05) is 24.5 Å². The van der Waals surface area contributed by atoms with Crippen molar-refractivity contribution < 1.29 is 4.79 Å². The molecule has 1 amide bonds. The third-order valence-corrected chi connectivity index (χ3v) is 6.24. The quantitative estimate of drug-likeness (QED) is 0.691. The van der Waals surface area contributed by atoms with Gasteiger partial charge in [-0.3, -0.25) is 4.79 Å². The Morgan fingerprint density at radius 3 is 2.52 bits per heavy atom. The van der Waals surface area contributed by atoms with Crippen LogP contribution in [0.25, 0.3) is 0 Å². The Hall–Kier alpha value is -1.47. The van der Waals surface area contributed by atoms with Gasteiger partial charge in [-0.25, -0.2) is 0 Å². The molecule has 0 bridgehead atoms. The summed E-state index contributed by atoms with van der Waals surface area (Å²) in [4.78, 5) is 15.4. The Morgan fingerprint density at radius 1 is 1.12 bits per heavy atom. The average molecular weight is 377 g/mol. The molecule has 0 saturated carbocycles. The van der Waals surface area contributed by atoms with Gasteiger partial charge in [0.25, 0.3) is 0 Å². The molecular weight excluding hydrogens is 352 g/mol. The molecule has 0 spiro atoms. The number of benzene rings is 1. The Bertz CT molecular complexity index is 708. The molecule has 2 heterocycles. The maximum Gasteiger partial charge on any atom is 0.233 e. The molecule has 0 radical (unpaired) electrons. The maximum absolute atomic E-state index is 12.2. The highest BCUT2D eigenvalue weighted by Gasteiger charge is 2.19. The molecule has 3 rings (SSSR count). The summed E-state index contributed by atoms with van der Waals surface area (Å²) < 4.78 is 2.11. The number of hydrogen-bond donors (Lipinski definition) is 0. The summed E-state index contributed by atoms with van der Waals surface area (Å²) in [5, 5.41) is 9.49. The summed E-state index contributed by atoms with van der Waals surface area (Å²) >= 11 is 3.26. The van der Waals surface area contributed by atoms with Gasteiger partial charge in [0.1, 0.15) is 5.82 Å². The van der Waals surface area contributed by atoms with Crippen molar-refractivity contribution in [3.8, 4) is 0 Å². The molecule has 1 saturated heterocycles. The van der Waals surface area contributed by atoms with Crippen LogP contribution < -0.4 is 0 Å². The second-order valence-corrected chi connectivity index (χ2v) is 8.11. The Morgan fingerprint density at radius 2 is 1.84 bits per heavy atom. The lowest BCUT2D eigenvalue weighted by Crippen LogP contribution is -2.29. The first-order valence-electron chi connectivity index (χ1n) is 8.69. The SMILES string of the molecule is CCn1c(CSc2ccc(C)cc2)nnc1SCC(=O)N1CCCC1. The number of aromatic nitrogens is 3. The van der Waals surface area contributed by atoms with Crippen LogP contribution in [0.15, 0.2) is 34.3 Å². The van der Waals surface area contributed by atoms with Crippen molar-refractivity contribution in [2.45, 2.75) is 49.0 Å². The second kappa shape index (κ2) is 8.76. The number of thioether (sulfide) groups is 2. The standard InChI is InChI=1S/C18H24N4OS2/c1-3-22-16(12-24-15-8-6-14(2)7-9-15)19-20-18(22)25-13-17(23)21-10-4-5-11-21/h6-9H,3-5,10-13H2,1-2H3. The average Bonchev–Trinajstić information content (AvgIpc) is 3.29. The van der Waals surface area contributed by atoms with Crippen LogP contribution in [0.3, 0.4) is 0 Å². The number of hydrogen-bond acceptors (Lipinski definition) is 5. The first kappa shape index (κ1) is 18.3. The largest absolute Gasteiger partial charge is 0.342 e. The van der Waals surface area contributed by atoms with E-state index in [1.165, 1.54) is 22.2 Å². The molecule has 0 aliphatic carbocycles. The zero-order valence-corrected chi connectivity index (χ0v) is 16.4. The summed E-state index contributed by atoms with van der Waals surface area (Å²) in [6, 6.07) is 8.52. The molecule has 1 aliphatic heterocycles. The lowest BCUT2D eigenvalue weighted by atomic mass is 10.2. The monoisotopic (exact) mass is 376 g/mol. The molecule has 134 valence electrons. The number of rotatable bonds is 7. The second-order valence-electron chi connectivity index (χ2n) is 6.12. The van der Waals surface area contributed by atoms with Gasteiger partial charge in [-0.2, -0.15) is 0 Å². The minimum Gasteiger partial charge on any atom is -0.342 e. The van der Waals surface area contributed by atoms with E-state index >= 15 is 0 Å². The number of carbonyl (C=O) groups is 1. The van der Waals surface area contributed by atoms with Crippen molar-refractivity contribution in [1.82, 2.24) is 19.7 Å². The van der Waals surface area contributed by atoms with Crippen LogP contribution in [0.1, 0.15) is 31.2 Å². The maximum atomic E-state index is 12.2. The van der Waals surface area contributed by atoms with Gasteiger partial charge in [-0.1, -0.05) is 29.5 Å². The van der Waals surface area contributed by atoms with Crippen LogP contribution in [0, 0.1) is 6.92 Å². The van der Waals surface area contributed by atoms with Gasteiger partial charge in [0.15, 0.2) is 5.16 Å². The number of nitrogens with zero attached hydrogens (tertiary/aromatic N) is 4. The Balaban J connectivity index is 1.58. The van der Waals surface area contributed by atoms with E-state index in [9.17, 15) is 4.79 Å². The number of likely N-dealkylation sites (tertiary alicyclic amines) is 1. The van der Waals surface area contributed by atoms with Crippen molar-refractivity contribution in [2.24, 2.45) is 0 Å². The van der Waals surface area contributed by atoms with Gasteiger partial charge in [-0.05, 0) is 38.8 Å². The van der Waals surface area contributed by atoms with E-state index in [0.717, 1.165) is 49.2 Å². The first-order chi connectivity index (χ1) is 12.2. The minimum absolute atomic E-state index is 0.212. The fraction of sp³-hybridized carbons (Fsp3) is 0.500. The van der Waals surface area contributed by atoms with Crippen LogP contribution >= 0.6 is 23.5 Å². The highest BCUT2D eigenvalue weighted by atomic mass is 32.2. The Kier molecular flexibility index (Phi) is 6.42. The molecule has 5 nitrogen and oxygen atoms in total. The van der Waals surface area contributed by atoms with Gasteiger partial charge in [-0.15, -0.1) is 22.0 Å². The summed E-state index contributed by atoms with van der Waals surface area (Å²) in [6.07, 6.45) is 2.25. The molecule has 0 N–H and O–H groups in total. The van der Waals surface area contributed by atoms with E-state index in [0.29, 0.717) is 5.75 Å². The zero-order valence-electron chi connectivity index (χ0n) is 14.8. The van der Waals surface area contributed by atoms with Gasteiger partial charge >= 0.3 is 0 Å². The first-order valence-corrected chi connectivity index (χ1v) is 10.7. The van der Waals surface area contributed by atoms with Crippen LogP contribution in [0.4, 0.5) is 0 Å². The Labute approximate surface area is 157 Å². The van der Waals surface area contributed by atoms with Crippen molar-refractivity contribution in [2.75, 3.05) is 18.8 Å². The summed E-state index contributed by atoms with van der Waals surface area (Å²) in [5.74, 6) is 2.40. The topological polar surface area (TPSA) is 51.0 Å². The molecule has 7 heteroatoms.